The van der Waals surface area contributed by atoms with Crippen molar-refractivity contribution in [1.82, 2.24) is 14.9 Å². The van der Waals surface area contributed by atoms with E-state index >= 15 is 0 Å². The summed E-state index contributed by atoms with van der Waals surface area (Å²) in [6.45, 7) is 1.06. The van der Waals surface area contributed by atoms with Crippen molar-refractivity contribution < 1.29 is 21.6 Å². The summed E-state index contributed by atoms with van der Waals surface area (Å²) in [5.41, 5.74) is -3.96. The molecule has 0 saturated carbocycles. The normalized spacial score (nSPS) is 16.9. The summed E-state index contributed by atoms with van der Waals surface area (Å²) in [6, 6.07) is 10.2. The number of sulfonamides is 1. The summed E-state index contributed by atoms with van der Waals surface area (Å²) in [4.78, 5) is 4.14. The van der Waals surface area contributed by atoms with Crippen molar-refractivity contribution in [3.63, 3.8) is 0 Å². The van der Waals surface area contributed by atoms with Crippen molar-refractivity contribution in [3.05, 3.63) is 35.9 Å². The van der Waals surface area contributed by atoms with Crippen LogP contribution in [0.5, 0.6) is 0 Å². The van der Waals surface area contributed by atoms with Crippen LogP contribution in [0.2, 0.25) is 0 Å². The summed E-state index contributed by atoms with van der Waals surface area (Å²) in [7, 11) is -3.56. The average Bonchev–Trinajstić information content (AvgIpc) is 2.67. The number of aliphatic imine (C=N–C) groups is 1. The molecule has 0 spiro atoms. The highest BCUT2D eigenvalue weighted by molar-refractivity contribution is 14.0. The fraction of sp³-hybridized carbons (Fsp3) is 0.611. The van der Waals surface area contributed by atoms with E-state index in [2.05, 4.69) is 27.8 Å². The molecule has 29 heavy (non-hydrogen) atoms. The first-order valence-electron chi connectivity index (χ1n) is 9.29. The Morgan fingerprint density at radius 3 is 2.34 bits per heavy atom. The molecule has 1 fully saturated rings. The van der Waals surface area contributed by atoms with E-state index < -0.39 is 15.5 Å². The van der Waals surface area contributed by atoms with Crippen molar-refractivity contribution in [1.29, 1.82) is 0 Å². The van der Waals surface area contributed by atoms with Gasteiger partial charge in [0.1, 0.15) is 0 Å². The minimum atomic E-state index is -5.23. The van der Waals surface area contributed by atoms with Crippen LogP contribution in [0.15, 0.2) is 35.3 Å². The molecule has 0 amide bonds. The highest BCUT2D eigenvalue weighted by atomic mass is 127. The van der Waals surface area contributed by atoms with Gasteiger partial charge >= 0.3 is 15.5 Å². The van der Waals surface area contributed by atoms with Gasteiger partial charge in [0.15, 0.2) is 5.96 Å². The Hall–Kier alpha value is -1.08. The zero-order valence-electron chi connectivity index (χ0n) is 16.3. The number of benzene rings is 1. The Morgan fingerprint density at radius 2 is 1.79 bits per heavy atom. The molecule has 1 saturated heterocycles. The third-order valence-electron chi connectivity index (χ3n) is 4.77. The van der Waals surface area contributed by atoms with E-state index in [0.29, 0.717) is 29.7 Å². The van der Waals surface area contributed by atoms with Gasteiger partial charge in [-0.1, -0.05) is 30.3 Å². The molecule has 2 N–H and O–H groups in total. The largest absolute Gasteiger partial charge is 0.511 e. The number of hydrogen-bond acceptors (Lipinski definition) is 3. The van der Waals surface area contributed by atoms with Crippen molar-refractivity contribution in [2.45, 2.75) is 31.2 Å². The van der Waals surface area contributed by atoms with Gasteiger partial charge in [0, 0.05) is 33.2 Å². The molecule has 6 nitrogen and oxygen atoms in total. The van der Waals surface area contributed by atoms with Gasteiger partial charge in [0.25, 0.3) is 0 Å². The van der Waals surface area contributed by atoms with Crippen LogP contribution in [0.4, 0.5) is 13.2 Å². The number of nitrogens with zero attached hydrogens (tertiary/aromatic N) is 2. The summed E-state index contributed by atoms with van der Waals surface area (Å²) >= 11 is 0. The Labute approximate surface area is 187 Å². The minimum absolute atomic E-state index is 0. The number of aryl methyl sites for hydroxylation is 1. The number of halogens is 4. The maximum absolute atomic E-state index is 12.6. The maximum atomic E-state index is 12.6. The fourth-order valence-corrected chi connectivity index (χ4v) is 4.09. The molecular formula is C18H28F3IN4O2S. The van der Waals surface area contributed by atoms with E-state index in [1.165, 1.54) is 5.56 Å². The summed E-state index contributed by atoms with van der Waals surface area (Å²) < 4.78 is 61.2. The number of piperidine rings is 1. The van der Waals surface area contributed by atoms with Gasteiger partial charge in [-0.15, -0.1) is 24.0 Å². The first-order chi connectivity index (χ1) is 13.2. The Kier molecular flexibility index (Phi) is 10.7. The third kappa shape index (κ3) is 7.93. The smallest absolute Gasteiger partial charge is 0.356 e. The Balaban J connectivity index is 0.00000420. The zero-order chi connectivity index (χ0) is 20.6. The lowest BCUT2D eigenvalue weighted by Crippen LogP contribution is -2.47. The van der Waals surface area contributed by atoms with Gasteiger partial charge in [-0.3, -0.25) is 4.99 Å². The van der Waals surface area contributed by atoms with E-state index in [1.54, 1.807) is 7.05 Å². The lowest BCUT2D eigenvalue weighted by molar-refractivity contribution is -0.0496. The maximum Gasteiger partial charge on any atom is 0.511 e. The van der Waals surface area contributed by atoms with E-state index in [-0.39, 0.29) is 43.0 Å². The molecule has 1 aliphatic heterocycles. The van der Waals surface area contributed by atoms with Crippen LogP contribution in [-0.2, 0) is 16.4 Å². The molecule has 0 aromatic heterocycles. The average molecular weight is 548 g/mol. The first-order valence-corrected chi connectivity index (χ1v) is 10.7. The first kappa shape index (κ1) is 26.0. The van der Waals surface area contributed by atoms with Crippen LogP contribution in [0.25, 0.3) is 0 Å². The van der Waals surface area contributed by atoms with Gasteiger partial charge in [-0.2, -0.15) is 17.5 Å². The van der Waals surface area contributed by atoms with Gasteiger partial charge < -0.3 is 10.6 Å². The molecule has 0 aliphatic carbocycles. The van der Waals surface area contributed by atoms with Crippen molar-refractivity contribution in [2.24, 2.45) is 10.9 Å². The molecule has 0 atom stereocenters. The second kappa shape index (κ2) is 11.9. The molecular weight excluding hydrogens is 520 g/mol. The lowest BCUT2D eigenvalue weighted by atomic mass is 9.98. The molecule has 1 aliphatic rings. The van der Waals surface area contributed by atoms with Gasteiger partial charge in [0.2, 0.25) is 0 Å². The van der Waals surface area contributed by atoms with Crippen LogP contribution in [0.3, 0.4) is 0 Å². The van der Waals surface area contributed by atoms with Crippen LogP contribution >= 0.6 is 24.0 Å². The Bertz CT molecular complexity index is 737. The number of alkyl halides is 3. The standard InChI is InChI=1S/C18H27F3N4O2S.HI/c1-22-17(23-11-5-8-15-6-3-2-4-7-15)24-14-16-9-12-25(13-10-16)28(26,27)18(19,20)21;/h2-4,6-7,16H,5,8-14H2,1H3,(H2,22,23,24);1H. The van der Waals surface area contributed by atoms with Gasteiger partial charge in [-0.25, -0.2) is 8.42 Å². The zero-order valence-corrected chi connectivity index (χ0v) is 19.4. The fourth-order valence-electron chi connectivity index (χ4n) is 3.11. The van der Waals surface area contributed by atoms with Crippen LogP contribution in [-0.4, -0.2) is 57.4 Å². The monoisotopic (exact) mass is 548 g/mol. The number of rotatable bonds is 7. The van der Waals surface area contributed by atoms with Gasteiger partial charge in [0.05, 0.1) is 0 Å². The van der Waals surface area contributed by atoms with Crippen molar-refractivity contribution in [2.75, 3.05) is 33.2 Å². The summed E-state index contributed by atoms with van der Waals surface area (Å²) in [6.07, 6.45) is 2.66. The number of guanidine groups is 1. The highest BCUT2D eigenvalue weighted by Crippen LogP contribution is 2.30. The van der Waals surface area contributed by atoms with Crippen LogP contribution in [0.1, 0.15) is 24.8 Å². The van der Waals surface area contributed by atoms with Crippen LogP contribution < -0.4 is 10.6 Å². The highest BCUT2D eigenvalue weighted by Gasteiger charge is 2.50. The number of hydrogen-bond donors (Lipinski definition) is 2. The second-order valence-electron chi connectivity index (χ2n) is 6.76. The lowest BCUT2D eigenvalue weighted by Gasteiger charge is -2.31. The summed E-state index contributed by atoms with van der Waals surface area (Å²) in [5.74, 6) is 0.737. The SMILES string of the molecule is CN=C(NCCCc1ccccc1)NCC1CCN(S(=O)(=O)C(F)(F)F)CC1.I. The molecule has 166 valence electrons. The van der Waals surface area contributed by atoms with Crippen LogP contribution in [0, 0.1) is 5.92 Å². The molecule has 1 aromatic rings. The molecule has 1 aromatic carbocycles. The molecule has 2 rings (SSSR count). The van der Waals surface area contributed by atoms with E-state index in [0.717, 1.165) is 19.4 Å². The molecule has 0 bridgehead atoms. The van der Waals surface area contributed by atoms with E-state index in [1.807, 2.05) is 18.2 Å². The predicted octanol–water partition coefficient (Wildman–Crippen LogP) is 2.96. The molecule has 1 heterocycles. The predicted molar refractivity (Wildman–Crippen MR) is 119 cm³/mol. The number of nitrogens with one attached hydrogen (secondary N) is 2. The second-order valence-corrected chi connectivity index (χ2v) is 8.69. The Morgan fingerprint density at radius 1 is 1.17 bits per heavy atom. The molecule has 0 radical (unpaired) electrons. The quantitative estimate of drug-likeness (QED) is 0.238. The third-order valence-corrected chi connectivity index (χ3v) is 6.40. The molecule has 0 unspecified atom stereocenters. The van der Waals surface area contributed by atoms with E-state index in [4.69, 9.17) is 0 Å². The van der Waals surface area contributed by atoms with E-state index in [9.17, 15) is 21.6 Å². The molecule has 11 heteroatoms. The van der Waals surface area contributed by atoms with Crippen molar-refractivity contribution in [3.8, 4) is 0 Å². The van der Waals surface area contributed by atoms with Gasteiger partial charge in [-0.05, 0) is 37.2 Å². The summed E-state index contributed by atoms with van der Waals surface area (Å²) in [5, 5.41) is 6.39. The minimum Gasteiger partial charge on any atom is -0.356 e. The topological polar surface area (TPSA) is 73.8 Å². The van der Waals surface area contributed by atoms with Crippen molar-refractivity contribution >= 4 is 40.0 Å².